The molecule has 60 valence electrons. The molecule has 0 bridgehead atoms. The lowest BCUT2D eigenvalue weighted by atomic mass is 10.3. The van der Waals surface area contributed by atoms with E-state index in [-0.39, 0.29) is 5.91 Å². The van der Waals surface area contributed by atoms with Crippen LogP contribution in [0.3, 0.4) is 0 Å². The molecule has 0 radical (unpaired) electrons. The third-order valence-electron chi connectivity index (χ3n) is 1.46. The highest BCUT2D eigenvalue weighted by Crippen LogP contribution is 2.00. The maximum atomic E-state index is 10.7. The minimum Gasteiger partial charge on any atom is -0.359 e. The normalized spacial score (nSPS) is 10.0. The Hall–Kier alpha value is -0.313. The topological polar surface area (TPSA) is 29.1 Å². The van der Waals surface area contributed by atoms with E-state index in [0.717, 1.165) is 6.42 Å². The third kappa shape index (κ3) is 5.82. The van der Waals surface area contributed by atoms with Crippen LogP contribution in [0.4, 0.5) is 0 Å². The molecule has 0 aromatic heterocycles. The van der Waals surface area contributed by atoms with Gasteiger partial charge in [0.25, 0.3) is 0 Å². The zero-order valence-electron chi connectivity index (χ0n) is 7.11. The van der Waals surface area contributed by atoms with Crippen LogP contribution in [0.25, 0.3) is 0 Å². The molecule has 0 heterocycles. The average Bonchev–Trinajstić information content (AvgIpc) is 1.87. The standard InChI is InChI=1S/C7H17NOSi/c1-8-7(9)5-4-6-10(2)3/h10H,4-6H2,1-3H3,(H,8,9). The van der Waals surface area contributed by atoms with Crippen LogP contribution in [0.5, 0.6) is 0 Å². The van der Waals surface area contributed by atoms with E-state index in [1.807, 2.05) is 0 Å². The van der Waals surface area contributed by atoms with Gasteiger partial charge in [-0.3, -0.25) is 4.79 Å². The second-order valence-corrected chi connectivity index (χ2v) is 6.32. The van der Waals surface area contributed by atoms with Gasteiger partial charge in [0.05, 0.1) is 0 Å². The van der Waals surface area contributed by atoms with Crippen molar-refractivity contribution >= 4 is 14.7 Å². The van der Waals surface area contributed by atoms with E-state index in [9.17, 15) is 4.79 Å². The van der Waals surface area contributed by atoms with Crippen LogP contribution in [0, 0.1) is 0 Å². The Bertz CT molecular complexity index is 104. The summed E-state index contributed by atoms with van der Waals surface area (Å²) in [6.07, 6.45) is 1.78. The molecule has 0 rings (SSSR count). The van der Waals surface area contributed by atoms with E-state index in [0.29, 0.717) is 6.42 Å². The lowest BCUT2D eigenvalue weighted by Gasteiger charge is -2.01. The van der Waals surface area contributed by atoms with Crippen molar-refractivity contribution < 1.29 is 4.79 Å². The number of rotatable bonds is 4. The monoisotopic (exact) mass is 159 g/mol. The molecule has 0 unspecified atom stereocenters. The summed E-state index contributed by atoms with van der Waals surface area (Å²) in [5.74, 6) is 0.176. The average molecular weight is 159 g/mol. The van der Waals surface area contributed by atoms with Crippen LogP contribution in [0.1, 0.15) is 12.8 Å². The zero-order chi connectivity index (χ0) is 7.98. The second-order valence-electron chi connectivity index (χ2n) is 2.96. The molecule has 0 saturated carbocycles. The molecule has 0 aliphatic rings. The lowest BCUT2D eigenvalue weighted by Crippen LogP contribution is -2.17. The van der Waals surface area contributed by atoms with E-state index < -0.39 is 8.80 Å². The predicted octanol–water partition coefficient (Wildman–Crippen LogP) is 0.999. The molecule has 10 heavy (non-hydrogen) atoms. The SMILES string of the molecule is CNC(=O)CCC[SiH](C)C. The van der Waals surface area contributed by atoms with Gasteiger partial charge in [-0.05, 0) is 6.42 Å². The summed E-state index contributed by atoms with van der Waals surface area (Å²) >= 11 is 0. The van der Waals surface area contributed by atoms with Gasteiger partial charge < -0.3 is 5.32 Å². The van der Waals surface area contributed by atoms with Crippen LogP contribution >= 0.6 is 0 Å². The number of hydrogen-bond acceptors (Lipinski definition) is 1. The Balaban J connectivity index is 3.12. The fraction of sp³-hybridized carbons (Fsp3) is 0.857. The van der Waals surface area contributed by atoms with Crippen LogP contribution in [-0.2, 0) is 4.79 Å². The molecule has 0 aromatic rings. The second kappa shape index (κ2) is 5.47. The van der Waals surface area contributed by atoms with Crippen molar-refractivity contribution in [1.29, 1.82) is 0 Å². The Morgan fingerprint density at radius 2 is 2.10 bits per heavy atom. The molecule has 0 aliphatic heterocycles. The Morgan fingerprint density at radius 3 is 2.50 bits per heavy atom. The fourth-order valence-corrected chi connectivity index (χ4v) is 1.82. The molecule has 0 saturated heterocycles. The van der Waals surface area contributed by atoms with Crippen molar-refractivity contribution in [2.45, 2.75) is 32.0 Å². The summed E-state index contributed by atoms with van der Waals surface area (Å²) in [5, 5.41) is 2.62. The van der Waals surface area contributed by atoms with Crippen LogP contribution < -0.4 is 5.32 Å². The van der Waals surface area contributed by atoms with E-state index in [4.69, 9.17) is 0 Å². The summed E-state index contributed by atoms with van der Waals surface area (Å²) in [6, 6.07) is 1.29. The van der Waals surface area contributed by atoms with Crippen molar-refractivity contribution in [2.75, 3.05) is 7.05 Å². The van der Waals surface area contributed by atoms with Crippen molar-refractivity contribution in [3.63, 3.8) is 0 Å². The van der Waals surface area contributed by atoms with E-state index in [1.165, 1.54) is 6.04 Å². The molecule has 1 N–H and O–H groups in total. The molecule has 0 fully saturated rings. The van der Waals surface area contributed by atoms with Gasteiger partial charge in [-0.15, -0.1) is 0 Å². The van der Waals surface area contributed by atoms with Gasteiger partial charge in [0.1, 0.15) is 0 Å². The van der Waals surface area contributed by atoms with Gasteiger partial charge in [-0.1, -0.05) is 19.1 Å². The fourth-order valence-electron chi connectivity index (χ4n) is 0.796. The number of carbonyl (C=O) groups is 1. The Morgan fingerprint density at radius 1 is 1.50 bits per heavy atom. The first kappa shape index (κ1) is 9.69. The van der Waals surface area contributed by atoms with Crippen molar-refractivity contribution in [3.8, 4) is 0 Å². The summed E-state index contributed by atoms with van der Waals surface area (Å²) in [5.41, 5.74) is 0. The highest BCUT2D eigenvalue weighted by Gasteiger charge is 1.99. The molecule has 3 heteroatoms. The summed E-state index contributed by atoms with van der Waals surface area (Å²) in [4.78, 5) is 10.7. The van der Waals surface area contributed by atoms with Gasteiger partial charge in [0, 0.05) is 22.3 Å². The van der Waals surface area contributed by atoms with E-state index in [1.54, 1.807) is 7.05 Å². The highest BCUT2D eigenvalue weighted by molar-refractivity contribution is 6.55. The number of amides is 1. The van der Waals surface area contributed by atoms with E-state index >= 15 is 0 Å². The van der Waals surface area contributed by atoms with Gasteiger partial charge in [-0.25, -0.2) is 0 Å². The van der Waals surface area contributed by atoms with Crippen LogP contribution in [-0.4, -0.2) is 21.8 Å². The maximum Gasteiger partial charge on any atom is 0.219 e. The molecule has 0 aromatic carbocycles. The zero-order valence-corrected chi connectivity index (χ0v) is 8.26. The molecule has 0 aliphatic carbocycles. The van der Waals surface area contributed by atoms with Crippen molar-refractivity contribution in [2.24, 2.45) is 0 Å². The maximum absolute atomic E-state index is 10.7. The smallest absolute Gasteiger partial charge is 0.219 e. The first-order chi connectivity index (χ1) is 4.66. The van der Waals surface area contributed by atoms with Crippen molar-refractivity contribution in [1.82, 2.24) is 5.32 Å². The lowest BCUT2D eigenvalue weighted by molar-refractivity contribution is -0.120. The minimum absolute atomic E-state index is 0.176. The summed E-state index contributed by atoms with van der Waals surface area (Å²) in [7, 11) is 1.27. The van der Waals surface area contributed by atoms with Crippen LogP contribution in [0.2, 0.25) is 19.1 Å². The van der Waals surface area contributed by atoms with Crippen LogP contribution in [0.15, 0.2) is 0 Å². The van der Waals surface area contributed by atoms with E-state index in [2.05, 4.69) is 18.4 Å². The van der Waals surface area contributed by atoms with Crippen molar-refractivity contribution in [3.05, 3.63) is 0 Å². The first-order valence-corrected chi connectivity index (χ1v) is 7.00. The predicted molar refractivity (Wildman–Crippen MR) is 47.0 cm³/mol. The van der Waals surface area contributed by atoms with Gasteiger partial charge in [0.15, 0.2) is 0 Å². The third-order valence-corrected chi connectivity index (χ3v) is 3.03. The minimum atomic E-state index is -0.420. The molecular formula is C7H17NOSi. The number of carbonyl (C=O) groups excluding carboxylic acids is 1. The summed E-state index contributed by atoms with van der Waals surface area (Å²) < 4.78 is 0. The number of hydrogen-bond donors (Lipinski definition) is 1. The molecule has 0 atom stereocenters. The molecule has 2 nitrogen and oxygen atoms in total. The van der Waals surface area contributed by atoms with Gasteiger partial charge in [0.2, 0.25) is 5.91 Å². The summed E-state index contributed by atoms with van der Waals surface area (Å²) in [6.45, 7) is 4.62. The Kier molecular flexibility index (Phi) is 5.30. The largest absolute Gasteiger partial charge is 0.359 e. The molecule has 1 amide bonds. The quantitative estimate of drug-likeness (QED) is 0.609. The Labute approximate surface area is 64.6 Å². The molecular weight excluding hydrogens is 142 g/mol. The highest BCUT2D eigenvalue weighted by atomic mass is 28.3. The first-order valence-electron chi connectivity index (χ1n) is 3.87. The van der Waals surface area contributed by atoms with Gasteiger partial charge in [-0.2, -0.15) is 0 Å². The van der Waals surface area contributed by atoms with Gasteiger partial charge >= 0.3 is 0 Å². The molecule has 0 spiro atoms. The number of nitrogens with one attached hydrogen (secondary N) is 1.